The van der Waals surface area contributed by atoms with Crippen LogP contribution in [0, 0.1) is 6.92 Å². The summed E-state index contributed by atoms with van der Waals surface area (Å²) in [5.74, 6) is 0. The first-order valence-corrected chi connectivity index (χ1v) is 11.4. The monoisotopic (exact) mass is 423 g/mol. The highest BCUT2D eigenvalue weighted by Gasteiger charge is 2.52. The van der Waals surface area contributed by atoms with Gasteiger partial charge in [0.25, 0.3) is 0 Å². The molecule has 0 amide bonds. The highest BCUT2D eigenvalue weighted by atomic mass is 32.2. The molecule has 6 heteroatoms. The number of hydrogen-bond acceptors (Lipinski definition) is 4. The van der Waals surface area contributed by atoms with E-state index in [1.165, 1.54) is 4.31 Å². The molecule has 2 N–H and O–H groups in total. The maximum Gasteiger partial charge on any atom is 0.243 e. The average molecular weight is 424 g/mol. The molecule has 0 saturated carbocycles. The van der Waals surface area contributed by atoms with E-state index in [0.717, 1.165) is 5.56 Å². The lowest BCUT2D eigenvalue weighted by Crippen LogP contribution is -2.50. The first-order valence-electron chi connectivity index (χ1n) is 9.93. The predicted octanol–water partition coefficient (Wildman–Crippen LogP) is 3.06. The number of nitrogens with zero attached hydrogens (tertiary/aromatic N) is 1. The molecule has 5 nitrogen and oxygen atoms in total. The molecule has 0 aromatic heterocycles. The Balaban J connectivity index is 1.86. The van der Waals surface area contributed by atoms with Gasteiger partial charge in [-0.2, -0.15) is 4.31 Å². The molecule has 0 bridgehead atoms. The lowest BCUT2D eigenvalue weighted by molar-refractivity contribution is 0.0187. The van der Waals surface area contributed by atoms with Gasteiger partial charge in [-0.3, -0.25) is 0 Å². The van der Waals surface area contributed by atoms with Crippen LogP contribution in [0.4, 0.5) is 0 Å². The lowest BCUT2D eigenvalue weighted by atomic mass is 9.79. The van der Waals surface area contributed by atoms with Crippen molar-refractivity contribution >= 4 is 10.0 Å². The van der Waals surface area contributed by atoms with Gasteiger partial charge in [0.1, 0.15) is 5.60 Å². The number of benzene rings is 3. The molecule has 3 aromatic rings. The fourth-order valence-electron chi connectivity index (χ4n) is 4.21. The quantitative estimate of drug-likeness (QED) is 0.661. The van der Waals surface area contributed by atoms with Crippen molar-refractivity contribution in [3.63, 3.8) is 0 Å². The van der Waals surface area contributed by atoms with Gasteiger partial charge in [0.05, 0.1) is 17.0 Å². The molecule has 156 valence electrons. The summed E-state index contributed by atoms with van der Waals surface area (Å²) in [7, 11) is -3.92. The number of sulfonamides is 1. The zero-order valence-corrected chi connectivity index (χ0v) is 17.5. The molecule has 0 spiro atoms. The van der Waals surface area contributed by atoms with Crippen LogP contribution in [-0.2, 0) is 15.6 Å². The van der Waals surface area contributed by atoms with Crippen LogP contribution >= 0.6 is 0 Å². The van der Waals surface area contributed by atoms with Gasteiger partial charge in [0.2, 0.25) is 10.0 Å². The van der Waals surface area contributed by atoms with E-state index in [1.54, 1.807) is 48.5 Å². The number of hydrogen-bond donors (Lipinski definition) is 2. The van der Waals surface area contributed by atoms with Crippen LogP contribution in [0.1, 0.15) is 23.1 Å². The molecule has 4 rings (SSSR count). The first-order chi connectivity index (χ1) is 14.3. The Morgan fingerprint density at radius 1 is 0.867 bits per heavy atom. The van der Waals surface area contributed by atoms with Crippen LogP contribution in [0.25, 0.3) is 0 Å². The van der Waals surface area contributed by atoms with E-state index in [4.69, 9.17) is 0 Å². The fraction of sp³-hybridized carbons (Fsp3) is 0.250. The summed E-state index contributed by atoms with van der Waals surface area (Å²) in [4.78, 5) is 0.149. The second-order valence-corrected chi connectivity index (χ2v) is 9.68. The minimum absolute atomic E-state index is 0.0666. The summed E-state index contributed by atoms with van der Waals surface area (Å²) in [6.07, 6.45) is -0.736. The minimum Gasteiger partial charge on any atom is -0.392 e. The largest absolute Gasteiger partial charge is 0.392 e. The molecule has 1 aliphatic heterocycles. The van der Waals surface area contributed by atoms with Crippen molar-refractivity contribution in [1.82, 2.24) is 4.31 Å². The van der Waals surface area contributed by atoms with Crippen molar-refractivity contribution in [3.8, 4) is 0 Å². The van der Waals surface area contributed by atoms with Gasteiger partial charge < -0.3 is 10.2 Å². The second kappa shape index (κ2) is 7.96. The van der Waals surface area contributed by atoms with Gasteiger partial charge in [0, 0.05) is 6.54 Å². The van der Waals surface area contributed by atoms with Crippen LogP contribution in [0.3, 0.4) is 0 Å². The Kier molecular flexibility index (Phi) is 5.51. The number of β-amino-alcohol motifs (C(OH)–C–C–N with tert-alkyl or cyclic N) is 1. The second-order valence-electron chi connectivity index (χ2n) is 7.79. The molecule has 0 radical (unpaired) electrons. The Morgan fingerprint density at radius 2 is 1.37 bits per heavy atom. The molecule has 3 aromatic carbocycles. The summed E-state index contributed by atoms with van der Waals surface area (Å²) in [5, 5.41) is 22.5. The summed E-state index contributed by atoms with van der Waals surface area (Å²) < 4.78 is 28.3. The van der Waals surface area contributed by atoms with Crippen LogP contribution in [-0.4, -0.2) is 41.6 Å². The van der Waals surface area contributed by atoms with Crippen LogP contribution < -0.4 is 0 Å². The zero-order valence-electron chi connectivity index (χ0n) is 16.7. The molecule has 0 aliphatic carbocycles. The smallest absolute Gasteiger partial charge is 0.243 e. The predicted molar refractivity (Wildman–Crippen MR) is 115 cm³/mol. The molecular formula is C24H25NO4S. The topological polar surface area (TPSA) is 77.8 Å². The van der Waals surface area contributed by atoms with Crippen molar-refractivity contribution in [3.05, 3.63) is 102 Å². The number of rotatable bonds is 5. The maximum atomic E-state index is 13.5. The number of aryl methyl sites for hydroxylation is 1. The summed E-state index contributed by atoms with van der Waals surface area (Å²) in [6, 6.07) is 23.9. The van der Waals surface area contributed by atoms with Gasteiger partial charge in [-0.25, -0.2) is 8.42 Å². The van der Waals surface area contributed by atoms with Crippen molar-refractivity contribution in [2.75, 3.05) is 6.54 Å². The number of aliphatic hydroxyl groups excluding tert-OH is 1. The molecule has 1 aliphatic rings. The summed E-state index contributed by atoms with van der Waals surface area (Å²) in [6.45, 7) is 1.82. The fourth-order valence-corrected chi connectivity index (χ4v) is 5.90. The summed E-state index contributed by atoms with van der Waals surface area (Å²) >= 11 is 0. The molecule has 30 heavy (non-hydrogen) atoms. The number of aliphatic hydroxyl groups is 2. The molecule has 1 saturated heterocycles. The molecule has 0 unspecified atom stereocenters. The van der Waals surface area contributed by atoms with Crippen LogP contribution in [0.2, 0.25) is 0 Å². The normalized spacial score (nSPS) is 20.4. The van der Waals surface area contributed by atoms with Crippen molar-refractivity contribution in [2.45, 2.75) is 36.0 Å². The van der Waals surface area contributed by atoms with Gasteiger partial charge in [-0.15, -0.1) is 0 Å². The maximum absolute atomic E-state index is 13.5. The van der Waals surface area contributed by atoms with Gasteiger partial charge in [-0.1, -0.05) is 78.4 Å². The third kappa shape index (κ3) is 3.56. The zero-order chi connectivity index (χ0) is 21.4. The first kappa shape index (κ1) is 20.8. The van der Waals surface area contributed by atoms with E-state index in [1.807, 2.05) is 43.3 Å². The van der Waals surface area contributed by atoms with Crippen LogP contribution in [0.5, 0.6) is 0 Å². The standard InChI is InChI=1S/C24H25NO4S/c1-18-12-14-22(15-13-18)30(28,29)25-17-21(26)16-23(25)24(27,19-8-4-2-5-9-19)20-10-6-3-7-11-20/h2-15,21,23,26-27H,16-17H2,1H3/t21-,23+/m1/s1. The lowest BCUT2D eigenvalue weighted by Gasteiger charge is -2.39. The minimum atomic E-state index is -3.92. The van der Waals surface area contributed by atoms with Crippen molar-refractivity contribution in [1.29, 1.82) is 0 Å². The van der Waals surface area contributed by atoms with E-state index in [9.17, 15) is 18.6 Å². The van der Waals surface area contributed by atoms with Crippen molar-refractivity contribution < 1.29 is 18.6 Å². The van der Waals surface area contributed by atoms with Crippen LogP contribution in [0.15, 0.2) is 89.8 Å². The third-order valence-electron chi connectivity index (χ3n) is 5.77. The van der Waals surface area contributed by atoms with E-state index in [2.05, 4.69) is 0 Å². The Labute approximate surface area is 177 Å². The molecule has 2 atom stereocenters. The van der Waals surface area contributed by atoms with E-state index in [0.29, 0.717) is 11.1 Å². The van der Waals surface area contributed by atoms with E-state index in [-0.39, 0.29) is 17.9 Å². The highest BCUT2D eigenvalue weighted by molar-refractivity contribution is 7.89. The van der Waals surface area contributed by atoms with Gasteiger partial charge >= 0.3 is 0 Å². The Hall–Kier alpha value is -2.51. The average Bonchev–Trinajstić information content (AvgIpc) is 3.18. The van der Waals surface area contributed by atoms with Gasteiger partial charge in [-0.05, 0) is 36.6 Å². The Morgan fingerprint density at radius 3 is 1.87 bits per heavy atom. The SMILES string of the molecule is Cc1ccc(S(=O)(=O)N2C[C@H](O)C[C@H]2C(O)(c2ccccc2)c2ccccc2)cc1. The van der Waals surface area contributed by atoms with E-state index < -0.39 is 27.8 Å². The van der Waals surface area contributed by atoms with Crippen molar-refractivity contribution in [2.24, 2.45) is 0 Å². The molecule has 1 fully saturated rings. The molecular weight excluding hydrogens is 398 g/mol. The Bertz CT molecular complexity index is 1060. The summed E-state index contributed by atoms with van der Waals surface area (Å²) in [5.41, 5.74) is 0.508. The highest BCUT2D eigenvalue weighted by Crippen LogP contribution is 2.42. The molecule has 1 heterocycles. The third-order valence-corrected chi connectivity index (χ3v) is 7.66. The van der Waals surface area contributed by atoms with Gasteiger partial charge in [0.15, 0.2) is 0 Å². The van der Waals surface area contributed by atoms with E-state index >= 15 is 0 Å².